The minimum Gasteiger partial charge on any atom is -0.507 e. The number of hydrogen-bond donors (Lipinski definition) is 1. The second-order valence-electron chi connectivity index (χ2n) is 7.85. The summed E-state index contributed by atoms with van der Waals surface area (Å²) in [5.74, 6) is -0.735. The molecule has 6 heteroatoms. The summed E-state index contributed by atoms with van der Waals surface area (Å²) in [6.45, 7) is 0.242. The normalized spacial score (nSPS) is 17.6. The molecule has 4 aromatic rings. The predicted molar refractivity (Wildman–Crippen MR) is 129 cm³/mol. The molecule has 1 aliphatic rings. The van der Waals surface area contributed by atoms with Crippen LogP contribution >= 0.6 is 11.3 Å². The Balaban J connectivity index is 1.60. The van der Waals surface area contributed by atoms with E-state index in [0.29, 0.717) is 11.3 Å². The number of carbonyl (C=O) groups excluding carboxylic acids is 2. The van der Waals surface area contributed by atoms with Crippen molar-refractivity contribution in [3.8, 4) is 5.75 Å². The van der Waals surface area contributed by atoms with Crippen LogP contribution in [0, 0.1) is 0 Å². The molecule has 0 aliphatic carbocycles. The van der Waals surface area contributed by atoms with Crippen molar-refractivity contribution in [1.29, 1.82) is 0 Å². The van der Waals surface area contributed by atoms with Gasteiger partial charge in [0.25, 0.3) is 11.7 Å². The maximum absolute atomic E-state index is 13.2. The Bertz CT molecular complexity index is 1370. The largest absolute Gasteiger partial charge is 0.507 e. The van der Waals surface area contributed by atoms with E-state index in [0.717, 1.165) is 21.2 Å². The molecule has 0 radical (unpaired) electrons. The molecule has 1 fully saturated rings. The second-order valence-corrected chi connectivity index (χ2v) is 8.83. The van der Waals surface area contributed by atoms with Gasteiger partial charge in [-0.05, 0) is 46.0 Å². The average molecular weight is 456 g/mol. The number of ether oxygens (including phenoxy) is 1. The van der Waals surface area contributed by atoms with E-state index >= 15 is 0 Å². The van der Waals surface area contributed by atoms with E-state index in [1.165, 1.54) is 16.2 Å². The summed E-state index contributed by atoms with van der Waals surface area (Å²) in [7, 11) is 1.59. The van der Waals surface area contributed by atoms with Gasteiger partial charge in [0.05, 0.1) is 18.7 Å². The fraction of sp³-hybridized carbons (Fsp3) is 0.111. The molecule has 1 N–H and O–H groups in total. The Morgan fingerprint density at radius 1 is 0.970 bits per heavy atom. The van der Waals surface area contributed by atoms with Crippen molar-refractivity contribution in [2.24, 2.45) is 0 Å². The lowest BCUT2D eigenvalue weighted by molar-refractivity contribution is -0.140. The molecule has 2 heterocycles. The number of rotatable bonds is 5. The van der Waals surface area contributed by atoms with E-state index in [1.807, 2.05) is 78.2 Å². The number of aliphatic hydroxyl groups is 1. The number of Topliss-reactive ketones (excluding diaryl/α,β-unsaturated/α-hetero) is 1. The minimum atomic E-state index is -0.674. The molecule has 1 amide bonds. The topological polar surface area (TPSA) is 66.8 Å². The summed E-state index contributed by atoms with van der Waals surface area (Å²) in [4.78, 5) is 28.6. The molecule has 5 rings (SSSR count). The van der Waals surface area contributed by atoms with Crippen LogP contribution in [0.15, 0.2) is 89.8 Å². The van der Waals surface area contributed by atoms with Crippen LogP contribution in [0.5, 0.6) is 5.75 Å². The van der Waals surface area contributed by atoms with Crippen LogP contribution in [0.2, 0.25) is 0 Å². The quantitative estimate of drug-likeness (QED) is 0.244. The third-order valence-corrected chi connectivity index (χ3v) is 6.81. The first-order valence-electron chi connectivity index (χ1n) is 10.5. The van der Waals surface area contributed by atoms with Crippen LogP contribution < -0.4 is 4.74 Å². The minimum absolute atomic E-state index is 0.117. The lowest BCUT2D eigenvalue weighted by atomic mass is 9.98. The SMILES string of the molecule is COc1ccc(CN2C(=O)C(=O)/C(=C(\O)c3ccc4ccccc4c3)C2c2cccs2)cc1. The van der Waals surface area contributed by atoms with Crippen molar-refractivity contribution in [3.05, 3.63) is 106 Å². The van der Waals surface area contributed by atoms with E-state index in [1.54, 1.807) is 13.2 Å². The van der Waals surface area contributed by atoms with Crippen LogP contribution in [0.1, 0.15) is 22.0 Å². The number of thiophene rings is 1. The van der Waals surface area contributed by atoms with Gasteiger partial charge < -0.3 is 14.7 Å². The number of nitrogens with zero attached hydrogens (tertiary/aromatic N) is 1. The summed E-state index contributed by atoms with van der Waals surface area (Å²) >= 11 is 1.45. The maximum atomic E-state index is 13.2. The number of amides is 1. The zero-order chi connectivity index (χ0) is 22.9. The average Bonchev–Trinajstić information content (AvgIpc) is 3.46. The first-order chi connectivity index (χ1) is 16.1. The van der Waals surface area contributed by atoms with Crippen molar-refractivity contribution >= 4 is 39.6 Å². The lowest BCUT2D eigenvalue weighted by Crippen LogP contribution is -2.28. The Morgan fingerprint density at radius 2 is 1.73 bits per heavy atom. The van der Waals surface area contributed by atoms with Gasteiger partial charge in [-0.25, -0.2) is 0 Å². The fourth-order valence-electron chi connectivity index (χ4n) is 4.21. The number of likely N-dealkylation sites (tertiary alicyclic amines) is 1. The van der Waals surface area contributed by atoms with Crippen LogP contribution in [-0.4, -0.2) is 28.8 Å². The van der Waals surface area contributed by atoms with Gasteiger partial charge in [0, 0.05) is 17.0 Å². The number of aliphatic hydroxyl groups excluding tert-OH is 1. The van der Waals surface area contributed by atoms with Crippen molar-refractivity contribution in [2.75, 3.05) is 7.11 Å². The van der Waals surface area contributed by atoms with Gasteiger partial charge in [0.15, 0.2) is 0 Å². The summed E-state index contributed by atoms with van der Waals surface area (Å²) in [6, 6.07) is 23.8. The number of fused-ring (bicyclic) bond motifs is 1. The molecule has 5 nitrogen and oxygen atoms in total. The van der Waals surface area contributed by atoms with Crippen LogP contribution in [0.25, 0.3) is 16.5 Å². The number of hydrogen-bond acceptors (Lipinski definition) is 5. The Morgan fingerprint density at radius 3 is 2.42 bits per heavy atom. The molecule has 0 saturated carbocycles. The first-order valence-corrected chi connectivity index (χ1v) is 11.4. The van der Waals surface area contributed by atoms with Crippen molar-refractivity contribution in [3.63, 3.8) is 0 Å². The number of carbonyl (C=O) groups is 2. The smallest absolute Gasteiger partial charge is 0.295 e. The molecular formula is C27H21NO4S. The molecule has 164 valence electrons. The highest BCUT2D eigenvalue weighted by Crippen LogP contribution is 2.42. The van der Waals surface area contributed by atoms with Crippen LogP contribution in [-0.2, 0) is 16.1 Å². The monoisotopic (exact) mass is 455 g/mol. The first kappa shape index (κ1) is 21.0. The van der Waals surface area contributed by atoms with Gasteiger partial charge >= 0.3 is 0 Å². The highest BCUT2D eigenvalue weighted by Gasteiger charge is 2.46. The molecule has 1 unspecified atom stereocenters. The van der Waals surface area contributed by atoms with Crippen molar-refractivity contribution in [2.45, 2.75) is 12.6 Å². The van der Waals surface area contributed by atoms with Gasteiger partial charge in [0.1, 0.15) is 11.5 Å². The van der Waals surface area contributed by atoms with Crippen molar-refractivity contribution < 1.29 is 19.4 Å². The summed E-state index contributed by atoms with van der Waals surface area (Å²) < 4.78 is 5.21. The van der Waals surface area contributed by atoms with Gasteiger partial charge in [0.2, 0.25) is 0 Å². The Hall–Kier alpha value is -3.90. The zero-order valence-electron chi connectivity index (χ0n) is 17.9. The summed E-state index contributed by atoms with van der Waals surface area (Å²) in [6.07, 6.45) is 0. The molecule has 1 aromatic heterocycles. The lowest BCUT2D eigenvalue weighted by Gasteiger charge is -2.24. The van der Waals surface area contributed by atoms with E-state index in [2.05, 4.69) is 0 Å². The van der Waals surface area contributed by atoms with E-state index in [-0.39, 0.29) is 17.9 Å². The van der Waals surface area contributed by atoms with Gasteiger partial charge in [-0.1, -0.05) is 54.6 Å². The fourth-order valence-corrected chi connectivity index (χ4v) is 5.05. The molecule has 1 atom stereocenters. The summed E-state index contributed by atoms with van der Waals surface area (Å²) in [5.41, 5.74) is 1.49. The van der Waals surface area contributed by atoms with Gasteiger partial charge in [-0.15, -0.1) is 11.3 Å². The third-order valence-electron chi connectivity index (χ3n) is 5.89. The van der Waals surface area contributed by atoms with Crippen molar-refractivity contribution in [1.82, 2.24) is 4.90 Å². The molecule has 1 saturated heterocycles. The summed E-state index contributed by atoms with van der Waals surface area (Å²) in [5, 5.41) is 15.1. The highest BCUT2D eigenvalue weighted by molar-refractivity contribution is 7.10. The van der Waals surface area contributed by atoms with Crippen LogP contribution in [0.4, 0.5) is 0 Å². The molecule has 0 spiro atoms. The van der Waals surface area contributed by atoms with Crippen LogP contribution in [0.3, 0.4) is 0 Å². The molecule has 1 aliphatic heterocycles. The standard InChI is InChI=1S/C27H21NO4S/c1-32-21-12-8-17(9-13-21)16-28-24(22-7-4-14-33-22)23(26(30)27(28)31)25(29)20-11-10-18-5-2-3-6-19(18)15-20/h2-15,24,29H,16H2,1H3/b25-23-. The number of ketones is 1. The Labute approximate surface area is 195 Å². The third kappa shape index (κ3) is 3.79. The predicted octanol–water partition coefficient (Wildman–Crippen LogP) is 5.53. The van der Waals surface area contributed by atoms with Gasteiger partial charge in [-0.2, -0.15) is 0 Å². The number of benzene rings is 3. The second kappa shape index (κ2) is 8.56. The number of methoxy groups -OCH3 is 1. The van der Waals surface area contributed by atoms with E-state index < -0.39 is 17.7 Å². The maximum Gasteiger partial charge on any atom is 0.295 e. The van der Waals surface area contributed by atoms with E-state index in [4.69, 9.17) is 4.74 Å². The molecular weight excluding hydrogens is 434 g/mol. The molecule has 33 heavy (non-hydrogen) atoms. The molecule has 3 aromatic carbocycles. The van der Waals surface area contributed by atoms with Gasteiger partial charge in [-0.3, -0.25) is 9.59 Å². The Kier molecular flexibility index (Phi) is 5.44. The molecule has 0 bridgehead atoms. The van der Waals surface area contributed by atoms with E-state index in [9.17, 15) is 14.7 Å². The zero-order valence-corrected chi connectivity index (χ0v) is 18.7. The highest BCUT2D eigenvalue weighted by atomic mass is 32.1.